The molecule has 0 unspecified atom stereocenters. The van der Waals surface area contributed by atoms with E-state index >= 15 is 0 Å². The summed E-state index contributed by atoms with van der Waals surface area (Å²) in [6, 6.07) is 11.2. The van der Waals surface area contributed by atoms with Crippen molar-refractivity contribution in [3.05, 3.63) is 64.5 Å². The van der Waals surface area contributed by atoms with Crippen LogP contribution in [-0.2, 0) is 4.79 Å². The summed E-state index contributed by atoms with van der Waals surface area (Å²) in [4.78, 5) is 22.2. The van der Waals surface area contributed by atoms with Crippen LogP contribution < -0.4 is 5.32 Å². The standard InChI is InChI=1S/C16H11FN4O4S/c17-11-4-6-12(7-5-11)18-14(22)9-26-16-20-19-15(25-16)10-2-1-3-13(8-10)21(23)24/h1-8H,9H2,(H,18,22). The second kappa shape index (κ2) is 7.74. The number of halogens is 1. The van der Waals surface area contributed by atoms with Gasteiger partial charge in [0.15, 0.2) is 0 Å². The number of amides is 1. The van der Waals surface area contributed by atoms with Crippen molar-refractivity contribution in [2.75, 3.05) is 11.1 Å². The van der Waals surface area contributed by atoms with Crippen LogP contribution in [0, 0.1) is 15.9 Å². The van der Waals surface area contributed by atoms with Gasteiger partial charge in [0.05, 0.1) is 10.7 Å². The molecule has 3 aromatic rings. The van der Waals surface area contributed by atoms with Gasteiger partial charge in [-0.2, -0.15) is 0 Å². The lowest BCUT2D eigenvalue weighted by Crippen LogP contribution is -2.13. The first-order chi connectivity index (χ1) is 12.5. The highest BCUT2D eigenvalue weighted by atomic mass is 32.2. The van der Waals surface area contributed by atoms with Crippen molar-refractivity contribution in [3.8, 4) is 11.5 Å². The number of hydrogen-bond acceptors (Lipinski definition) is 7. The lowest BCUT2D eigenvalue weighted by molar-refractivity contribution is -0.384. The van der Waals surface area contributed by atoms with Crippen molar-refractivity contribution in [1.82, 2.24) is 10.2 Å². The number of nitro groups is 1. The molecule has 0 atom stereocenters. The maximum atomic E-state index is 12.8. The van der Waals surface area contributed by atoms with Gasteiger partial charge in [0.25, 0.3) is 10.9 Å². The number of nitrogens with zero attached hydrogens (tertiary/aromatic N) is 3. The van der Waals surface area contributed by atoms with Crippen molar-refractivity contribution in [2.24, 2.45) is 0 Å². The average molecular weight is 374 g/mol. The molecule has 0 bridgehead atoms. The van der Waals surface area contributed by atoms with E-state index in [2.05, 4.69) is 15.5 Å². The predicted molar refractivity (Wildman–Crippen MR) is 92.1 cm³/mol. The maximum absolute atomic E-state index is 12.8. The Balaban J connectivity index is 1.60. The number of hydrogen-bond donors (Lipinski definition) is 1. The molecule has 1 heterocycles. The van der Waals surface area contributed by atoms with E-state index in [1.54, 1.807) is 6.07 Å². The number of non-ortho nitro benzene ring substituents is 1. The zero-order valence-corrected chi connectivity index (χ0v) is 13.9. The lowest BCUT2D eigenvalue weighted by atomic mass is 10.2. The third-order valence-electron chi connectivity index (χ3n) is 3.17. The van der Waals surface area contributed by atoms with Gasteiger partial charge in [-0.25, -0.2) is 4.39 Å². The van der Waals surface area contributed by atoms with Gasteiger partial charge in [0.1, 0.15) is 5.82 Å². The van der Waals surface area contributed by atoms with E-state index < -0.39 is 10.7 Å². The molecule has 0 saturated carbocycles. The van der Waals surface area contributed by atoms with Crippen LogP contribution in [0.3, 0.4) is 0 Å². The van der Waals surface area contributed by atoms with Gasteiger partial charge in [-0.05, 0) is 30.3 Å². The molecule has 0 aliphatic rings. The van der Waals surface area contributed by atoms with Crippen LogP contribution in [0.25, 0.3) is 11.5 Å². The van der Waals surface area contributed by atoms with E-state index in [-0.39, 0.29) is 28.5 Å². The number of carbonyl (C=O) groups is 1. The van der Waals surface area contributed by atoms with Gasteiger partial charge in [-0.3, -0.25) is 14.9 Å². The molecular formula is C16H11FN4O4S. The Hall–Kier alpha value is -3.27. The number of anilines is 1. The van der Waals surface area contributed by atoms with Crippen LogP contribution in [0.5, 0.6) is 0 Å². The molecule has 0 aliphatic heterocycles. The number of rotatable bonds is 6. The third-order valence-corrected chi connectivity index (χ3v) is 3.98. The molecule has 132 valence electrons. The number of nitrogens with one attached hydrogen (secondary N) is 1. The Morgan fingerprint density at radius 1 is 1.23 bits per heavy atom. The molecule has 1 N–H and O–H groups in total. The van der Waals surface area contributed by atoms with Crippen LogP contribution >= 0.6 is 11.8 Å². The zero-order valence-electron chi connectivity index (χ0n) is 13.1. The summed E-state index contributed by atoms with van der Waals surface area (Å²) >= 11 is 1.02. The molecule has 0 fully saturated rings. The van der Waals surface area contributed by atoms with Gasteiger partial charge in [0.2, 0.25) is 11.8 Å². The van der Waals surface area contributed by atoms with E-state index in [0.29, 0.717) is 11.3 Å². The number of carbonyl (C=O) groups excluding carboxylic acids is 1. The molecule has 1 aromatic heterocycles. The molecule has 10 heteroatoms. The normalized spacial score (nSPS) is 10.5. The predicted octanol–water partition coefficient (Wildman–Crippen LogP) is 3.51. The van der Waals surface area contributed by atoms with Gasteiger partial charge in [-0.1, -0.05) is 17.8 Å². The minimum absolute atomic E-state index is 0.00788. The molecule has 0 spiro atoms. The first-order valence-corrected chi connectivity index (χ1v) is 8.26. The highest BCUT2D eigenvalue weighted by molar-refractivity contribution is 7.99. The second-order valence-corrected chi connectivity index (χ2v) is 5.95. The lowest BCUT2D eigenvalue weighted by Gasteiger charge is -2.03. The zero-order chi connectivity index (χ0) is 18.5. The molecule has 0 aliphatic carbocycles. The molecule has 8 nitrogen and oxygen atoms in total. The Morgan fingerprint density at radius 2 is 2.00 bits per heavy atom. The largest absolute Gasteiger partial charge is 0.411 e. The molecule has 0 radical (unpaired) electrons. The summed E-state index contributed by atoms with van der Waals surface area (Å²) in [5, 5.41) is 21.2. The molecule has 1 amide bonds. The summed E-state index contributed by atoms with van der Waals surface area (Å²) in [6.07, 6.45) is 0. The Morgan fingerprint density at radius 3 is 2.73 bits per heavy atom. The van der Waals surface area contributed by atoms with Crippen molar-refractivity contribution in [3.63, 3.8) is 0 Å². The number of nitro benzene ring substituents is 1. The second-order valence-electron chi connectivity index (χ2n) is 5.02. The number of thioether (sulfide) groups is 1. The molecule has 0 saturated heterocycles. The fourth-order valence-electron chi connectivity index (χ4n) is 1.99. The first-order valence-electron chi connectivity index (χ1n) is 7.28. The molecule has 2 aromatic carbocycles. The Bertz CT molecular complexity index is 945. The van der Waals surface area contributed by atoms with Gasteiger partial charge in [0, 0.05) is 23.4 Å². The number of benzene rings is 2. The van der Waals surface area contributed by atoms with Crippen molar-refractivity contribution < 1.29 is 18.5 Å². The average Bonchev–Trinajstić information content (AvgIpc) is 3.11. The van der Waals surface area contributed by atoms with Crippen molar-refractivity contribution in [2.45, 2.75) is 5.22 Å². The van der Waals surface area contributed by atoms with Gasteiger partial charge in [-0.15, -0.1) is 10.2 Å². The number of aromatic nitrogens is 2. The van der Waals surface area contributed by atoms with Crippen LogP contribution in [0.1, 0.15) is 0 Å². The van der Waals surface area contributed by atoms with E-state index in [0.717, 1.165) is 11.8 Å². The summed E-state index contributed by atoms with van der Waals surface area (Å²) < 4.78 is 18.2. The van der Waals surface area contributed by atoms with Crippen molar-refractivity contribution in [1.29, 1.82) is 0 Å². The fraction of sp³-hybridized carbons (Fsp3) is 0.0625. The highest BCUT2D eigenvalue weighted by Crippen LogP contribution is 2.25. The van der Waals surface area contributed by atoms with Crippen LogP contribution in [0.2, 0.25) is 0 Å². The van der Waals surface area contributed by atoms with E-state index in [4.69, 9.17) is 4.42 Å². The van der Waals surface area contributed by atoms with Crippen LogP contribution in [0.15, 0.2) is 58.2 Å². The summed E-state index contributed by atoms with van der Waals surface area (Å²) in [7, 11) is 0. The Kier molecular flexibility index (Phi) is 5.23. The quantitative estimate of drug-likeness (QED) is 0.399. The van der Waals surface area contributed by atoms with Gasteiger partial charge >= 0.3 is 0 Å². The van der Waals surface area contributed by atoms with Crippen molar-refractivity contribution >= 4 is 29.0 Å². The monoisotopic (exact) mass is 374 g/mol. The van der Waals surface area contributed by atoms with E-state index in [9.17, 15) is 19.3 Å². The molecule has 26 heavy (non-hydrogen) atoms. The minimum atomic E-state index is -0.519. The van der Waals surface area contributed by atoms with E-state index in [1.807, 2.05) is 0 Å². The minimum Gasteiger partial charge on any atom is -0.411 e. The summed E-state index contributed by atoms with van der Waals surface area (Å²) in [6.45, 7) is 0. The SMILES string of the molecule is O=C(CSc1nnc(-c2cccc([N+](=O)[O-])c2)o1)Nc1ccc(F)cc1. The molecular weight excluding hydrogens is 363 g/mol. The fourth-order valence-corrected chi connectivity index (χ4v) is 2.56. The van der Waals surface area contributed by atoms with E-state index in [1.165, 1.54) is 42.5 Å². The summed E-state index contributed by atoms with van der Waals surface area (Å²) in [5.74, 6) is -0.586. The maximum Gasteiger partial charge on any atom is 0.277 e. The summed E-state index contributed by atoms with van der Waals surface area (Å²) in [5.41, 5.74) is 0.794. The topological polar surface area (TPSA) is 111 Å². The highest BCUT2D eigenvalue weighted by Gasteiger charge is 2.14. The van der Waals surface area contributed by atoms with Crippen LogP contribution in [0.4, 0.5) is 15.8 Å². The third kappa shape index (κ3) is 4.42. The van der Waals surface area contributed by atoms with Crippen LogP contribution in [-0.4, -0.2) is 26.8 Å². The van der Waals surface area contributed by atoms with Gasteiger partial charge < -0.3 is 9.73 Å². The first kappa shape index (κ1) is 17.5. The molecule has 3 rings (SSSR count). The smallest absolute Gasteiger partial charge is 0.277 e. The Labute approximate surface area is 150 Å².